The first-order chi connectivity index (χ1) is 16.5. The number of hydrogen-bond donors (Lipinski definition) is 0. The van der Waals surface area contributed by atoms with Gasteiger partial charge in [0, 0.05) is 34.8 Å². The van der Waals surface area contributed by atoms with Crippen molar-refractivity contribution in [2.75, 3.05) is 7.11 Å². The lowest BCUT2D eigenvalue weighted by Gasteiger charge is -2.12. The summed E-state index contributed by atoms with van der Waals surface area (Å²) in [4.78, 5) is 13.2. The molecule has 34 heavy (non-hydrogen) atoms. The highest BCUT2D eigenvalue weighted by Gasteiger charge is 2.30. The molecule has 0 aliphatic carbocycles. The summed E-state index contributed by atoms with van der Waals surface area (Å²) >= 11 is 0. The molecular weight excluding hydrogens is 426 g/mol. The highest BCUT2D eigenvalue weighted by Crippen LogP contribution is 2.40. The molecule has 0 bridgehead atoms. The summed E-state index contributed by atoms with van der Waals surface area (Å²) in [6.07, 6.45) is 3.86. The van der Waals surface area contributed by atoms with Crippen molar-refractivity contribution in [2.24, 2.45) is 0 Å². The molecule has 5 heteroatoms. The van der Waals surface area contributed by atoms with Crippen molar-refractivity contribution in [2.45, 2.75) is 33.9 Å². The molecule has 2 heterocycles. The number of carbonyl (C=O) groups is 1. The molecule has 0 unspecified atom stereocenters. The van der Waals surface area contributed by atoms with Gasteiger partial charge >= 0.3 is 0 Å². The normalized spacial score (nSPS) is 13.9. The van der Waals surface area contributed by atoms with Crippen LogP contribution < -0.4 is 14.2 Å². The van der Waals surface area contributed by atoms with Crippen LogP contribution in [-0.2, 0) is 13.2 Å². The summed E-state index contributed by atoms with van der Waals surface area (Å²) in [5, 5.41) is 1.01. The SMILES string of the molecule is CCn1cc(C=C2Oc3c(ccc(OCc4ccccc4C)c3C)C2=O)c2cc(OC)ccc21. The number of ether oxygens (including phenoxy) is 3. The maximum absolute atomic E-state index is 13.2. The molecule has 0 fully saturated rings. The van der Waals surface area contributed by atoms with Gasteiger partial charge in [0.25, 0.3) is 0 Å². The summed E-state index contributed by atoms with van der Waals surface area (Å²) in [5.41, 5.74) is 5.69. The number of rotatable bonds is 6. The molecule has 1 aliphatic heterocycles. The van der Waals surface area contributed by atoms with Gasteiger partial charge < -0.3 is 18.8 Å². The zero-order valence-corrected chi connectivity index (χ0v) is 19.8. The fourth-order valence-electron chi connectivity index (χ4n) is 4.40. The first-order valence-electron chi connectivity index (χ1n) is 11.4. The van der Waals surface area contributed by atoms with E-state index in [0.29, 0.717) is 29.4 Å². The number of aromatic nitrogens is 1. The fourth-order valence-corrected chi connectivity index (χ4v) is 4.40. The van der Waals surface area contributed by atoms with Crippen LogP contribution in [0.4, 0.5) is 0 Å². The van der Waals surface area contributed by atoms with Crippen molar-refractivity contribution >= 4 is 22.8 Å². The second-order valence-electron chi connectivity index (χ2n) is 8.47. The highest BCUT2D eigenvalue weighted by atomic mass is 16.5. The average Bonchev–Trinajstić information content (AvgIpc) is 3.37. The number of carbonyl (C=O) groups excluding carboxylic acids is 1. The van der Waals surface area contributed by atoms with Gasteiger partial charge in [-0.25, -0.2) is 0 Å². The molecule has 0 atom stereocenters. The number of Topliss-reactive ketones (excluding diaryl/α,β-unsaturated/α-hetero) is 1. The minimum atomic E-state index is -0.121. The molecule has 0 radical (unpaired) electrons. The molecule has 0 spiro atoms. The van der Waals surface area contributed by atoms with Crippen LogP contribution in [0.5, 0.6) is 17.2 Å². The van der Waals surface area contributed by atoms with Gasteiger partial charge in [-0.3, -0.25) is 4.79 Å². The Morgan fingerprint density at radius 3 is 2.65 bits per heavy atom. The van der Waals surface area contributed by atoms with E-state index in [4.69, 9.17) is 14.2 Å². The minimum absolute atomic E-state index is 0.121. The van der Waals surface area contributed by atoms with Crippen LogP contribution in [0.2, 0.25) is 0 Å². The van der Waals surface area contributed by atoms with Gasteiger partial charge in [-0.05, 0) is 68.3 Å². The van der Waals surface area contributed by atoms with Crippen molar-refractivity contribution in [3.63, 3.8) is 0 Å². The van der Waals surface area contributed by atoms with Gasteiger partial charge in [-0.15, -0.1) is 0 Å². The first kappa shape index (κ1) is 21.8. The monoisotopic (exact) mass is 453 g/mol. The van der Waals surface area contributed by atoms with E-state index >= 15 is 0 Å². The molecule has 0 saturated carbocycles. The predicted molar refractivity (Wildman–Crippen MR) is 134 cm³/mol. The summed E-state index contributed by atoms with van der Waals surface area (Å²) in [7, 11) is 1.65. The van der Waals surface area contributed by atoms with Gasteiger partial charge in [0.1, 0.15) is 23.9 Å². The number of benzene rings is 3. The summed E-state index contributed by atoms with van der Waals surface area (Å²) in [6, 6.07) is 17.8. The minimum Gasteiger partial charge on any atom is -0.497 e. The molecule has 0 saturated heterocycles. The summed E-state index contributed by atoms with van der Waals surface area (Å²) in [6.45, 7) is 7.37. The predicted octanol–water partition coefficient (Wildman–Crippen LogP) is 6.48. The molecule has 1 aliphatic rings. The zero-order valence-electron chi connectivity index (χ0n) is 19.8. The number of fused-ring (bicyclic) bond motifs is 2. The van der Waals surface area contributed by atoms with Crippen molar-refractivity contribution in [1.82, 2.24) is 4.57 Å². The van der Waals surface area contributed by atoms with E-state index in [2.05, 4.69) is 30.5 Å². The third kappa shape index (κ3) is 3.73. The van der Waals surface area contributed by atoms with E-state index in [1.807, 2.05) is 55.6 Å². The number of allylic oxidation sites excluding steroid dienone is 1. The quantitative estimate of drug-likeness (QED) is 0.314. The maximum Gasteiger partial charge on any atom is 0.231 e. The summed E-state index contributed by atoms with van der Waals surface area (Å²) < 4.78 is 19.8. The van der Waals surface area contributed by atoms with Crippen molar-refractivity contribution in [1.29, 1.82) is 0 Å². The molecule has 0 N–H and O–H groups in total. The van der Waals surface area contributed by atoms with Crippen LogP contribution >= 0.6 is 0 Å². The molecule has 3 aromatic carbocycles. The van der Waals surface area contributed by atoms with Gasteiger partial charge in [0.15, 0.2) is 5.76 Å². The lowest BCUT2D eigenvalue weighted by atomic mass is 10.1. The maximum atomic E-state index is 13.2. The van der Waals surface area contributed by atoms with Crippen LogP contribution in [-0.4, -0.2) is 17.5 Å². The van der Waals surface area contributed by atoms with Crippen molar-refractivity contribution in [3.05, 3.63) is 94.4 Å². The first-order valence-corrected chi connectivity index (χ1v) is 11.4. The van der Waals surface area contributed by atoms with Crippen LogP contribution in [0, 0.1) is 13.8 Å². The Balaban J connectivity index is 1.46. The topological polar surface area (TPSA) is 49.7 Å². The van der Waals surface area contributed by atoms with Crippen molar-refractivity contribution < 1.29 is 19.0 Å². The third-order valence-electron chi connectivity index (χ3n) is 6.43. The lowest BCUT2D eigenvalue weighted by molar-refractivity contribution is 0.101. The van der Waals surface area contributed by atoms with Crippen molar-refractivity contribution in [3.8, 4) is 17.2 Å². The highest BCUT2D eigenvalue weighted by molar-refractivity contribution is 6.15. The molecule has 5 nitrogen and oxygen atoms in total. The second kappa shape index (κ2) is 8.75. The van der Waals surface area contributed by atoms with Crippen LogP contribution in [0.1, 0.15) is 39.5 Å². The molecule has 1 aromatic heterocycles. The van der Waals surface area contributed by atoms with Crippen LogP contribution in [0.25, 0.3) is 17.0 Å². The van der Waals surface area contributed by atoms with E-state index in [1.54, 1.807) is 13.2 Å². The molecule has 0 amide bonds. The Labute approximate surface area is 199 Å². The Morgan fingerprint density at radius 1 is 1.06 bits per heavy atom. The second-order valence-corrected chi connectivity index (χ2v) is 8.47. The summed E-state index contributed by atoms with van der Waals surface area (Å²) in [5.74, 6) is 2.24. The molecular formula is C29H27NO4. The number of methoxy groups -OCH3 is 1. The Bertz CT molecular complexity index is 1440. The standard InChI is InChI=1S/C29H27NO4/c1-5-30-16-21(24-15-22(32-4)10-12-25(24)30)14-27-28(31)23-11-13-26(19(3)29(23)34-27)33-17-20-9-7-6-8-18(20)2/h6-16H,5,17H2,1-4H3. The van der Waals surface area contributed by atoms with E-state index < -0.39 is 0 Å². The van der Waals surface area contributed by atoms with E-state index in [-0.39, 0.29) is 5.78 Å². The third-order valence-corrected chi connectivity index (χ3v) is 6.43. The zero-order chi connectivity index (χ0) is 23.8. The molecule has 4 aromatic rings. The fraction of sp³-hybridized carbons (Fsp3) is 0.207. The molecule has 5 rings (SSSR count). The smallest absolute Gasteiger partial charge is 0.231 e. The van der Waals surface area contributed by atoms with E-state index in [1.165, 1.54) is 5.56 Å². The largest absolute Gasteiger partial charge is 0.497 e. The Morgan fingerprint density at radius 2 is 1.88 bits per heavy atom. The number of hydrogen-bond acceptors (Lipinski definition) is 4. The number of nitrogens with zero attached hydrogens (tertiary/aromatic N) is 1. The van der Waals surface area contributed by atoms with Gasteiger partial charge in [-0.1, -0.05) is 24.3 Å². The van der Waals surface area contributed by atoms with Crippen LogP contribution in [0.3, 0.4) is 0 Å². The van der Waals surface area contributed by atoms with Crippen LogP contribution in [0.15, 0.2) is 66.6 Å². The van der Waals surface area contributed by atoms with E-state index in [0.717, 1.165) is 39.9 Å². The Kier molecular flexibility index (Phi) is 5.62. The van der Waals surface area contributed by atoms with Gasteiger partial charge in [-0.2, -0.15) is 0 Å². The Hall–Kier alpha value is -3.99. The van der Waals surface area contributed by atoms with Gasteiger partial charge in [0.05, 0.1) is 12.7 Å². The number of ketones is 1. The average molecular weight is 454 g/mol. The number of aryl methyl sites for hydroxylation is 2. The molecule has 172 valence electrons. The van der Waals surface area contributed by atoms with E-state index in [9.17, 15) is 4.79 Å². The van der Waals surface area contributed by atoms with Gasteiger partial charge in [0.2, 0.25) is 5.78 Å². The lowest BCUT2D eigenvalue weighted by Crippen LogP contribution is -2.00.